The molecule has 2 aliphatic heterocycles. The Bertz CT molecular complexity index is 434. The van der Waals surface area contributed by atoms with Crippen LogP contribution in [0.1, 0.15) is 24.8 Å². The number of likely N-dealkylation sites (N-methyl/N-ethyl adjacent to an activating group) is 1. The number of benzene rings is 1. The SMILES string of the molecule is CN1CCCC12CCN(Cc1ccccc1F)C2. The molecule has 3 rings (SSSR count). The maximum Gasteiger partial charge on any atom is 0.127 e. The summed E-state index contributed by atoms with van der Waals surface area (Å²) in [5.41, 5.74) is 1.21. The molecule has 0 radical (unpaired) electrons. The fourth-order valence-electron chi connectivity index (χ4n) is 3.53. The van der Waals surface area contributed by atoms with Crippen molar-refractivity contribution < 1.29 is 4.39 Å². The van der Waals surface area contributed by atoms with Crippen LogP contribution in [-0.2, 0) is 6.54 Å². The molecule has 2 saturated heterocycles. The van der Waals surface area contributed by atoms with Gasteiger partial charge < -0.3 is 0 Å². The Balaban J connectivity index is 1.68. The van der Waals surface area contributed by atoms with Crippen LogP contribution in [0.2, 0.25) is 0 Å². The summed E-state index contributed by atoms with van der Waals surface area (Å²) in [6, 6.07) is 7.14. The van der Waals surface area contributed by atoms with Gasteiger partial charge in [-0.25, -0.2) is 4.39 Å². The van der Waals surface area contributed by atoms with Crippen LogP contribution >= 0.6 is 0 Å². The van der Waals surface area contributed by atoms with Gasteiger partial charge >= 0.3 is 0 Å². The third kappa shape index (κ3) is 2.06. The molecule has 1 aromatic rings. The first-order valence-electron chi connectivity index (χ1n) is 6.87. The van der Waals surface area contributed by atoms with E-state index in [1.54, 1.807) is 12.1 Å². The second kappa shape index (κ2) is 4.63. The fourth-order valence-corrected chi connectivity index (χ4v) is 3.53. The van der Waals surface area contributed by atoms with Crippen molar-refractivity contribution in [2.24, 2.45) is 0 Å². The molecular weight excluding hydrogens is 227 g/mol. The fraction of sp³-hybridized carbons (Fsp3) is 0.600. The first kappa shape index (κ1) is 12.1. The first-order chi connectivity index (χ1) is 8.70. The Hall–Kier alpha value is -0.930. The van der Waals surface area contributed by atoms with Crippen LogP contribution in [0.15, 0.2) is 24.3 Å². The highest BCUT2D eigenvalue weighted by Gasteiger charge is 2.43. The zero-order chi connectivity index (χ0) is 12.6. The Kier molecular flexibility index (Phi) is 3.12. The third-order valence-corrected chi connectivity index (χ3v) is 4.71. The minimum atomic E-state index is -0.0711. The molecule has 2 aliphatic rings. The van der Waals surface area contributed by atoms with E-state index in [1.807, 2.05) is 12.1 Å². The summed E-state index contributed by atoms with van der Waals surface area (Å²) < 4.78 is 13.7. The molecule has 0 saturated carbocycles. The van der Waals surface area contributed by atoms with Gasteiger partial charge in [-0.1, -0.05) is 18.2 Å². The van der Waals surface area contributed by atoms with Crippen molar-refractivity contribution in [3.8, 4) is 0 Å². The van der Waals surface area contributed by atoms with Gasteiger partial charge in [0.25, 0.3) is 0 Å². The summed E-state index contributed by atoms with van der Waals surface area (Å²) in [7, 11) is 2.24. The standard InChI is InChI=1S/C15H21FN2/c1-17-9-4-7-15(17)8-10-18(12-15)11-13-5-2-3-6-14(13)16/h2-3,5-6H,4,7-12H2,1H3. The maximum absolute atomic E-state index is 13.7. The number of rotatable bonds is 2. The average molecular weight is 248 g/mol. The van der Waals surface area contributed by atoms with Crippen LogP contribution in [0.3, 0.4) is 0 Å². The minimum absolute atomic E-state index is 0.0711. The maximum atomic E-state index is 13.7. The van der Waals surface area contributed by atoms with Crippen molar-refractivity contribution in [1.29, 1.82) is 0 Å². The Morgan fingerprint density at radius 1 is 1.22 bits per heavy atom. The van der Waals surface area contributed by atoms with E-state index in [0.29, 0.717) is 5.54 Å². The summed E-state index contributed by atoms with van der Waals surface area (Å²) in [5, 5.41) is 0. The van der Waals surface area contributed by atoms with Crippen LogP contribution in [0.4, 0.5) is 4.39 Å². The minimum Gasteiger partial charge on any atom is -0.299 e. The number of hydrogen-bond donors (Lipinski definition) is 0. The van der Waals surface area contributed by atoms with Crippen molar-refractivity contribution >= 4 is 0 Å². The van der Waals surface area contributed by atoms with Gasteiger partial charge in [-0.3, -0.25) is 9.80 Å². The molecule has 0 aromatic heterocycles. The molecule has 2 fully saturated rings. The third-order valence-electron chi connectivity index (χ3n) is 4.71. The molecule has 2 nitrogen and oxygen atoms in total. The van der Waals surface area contributed by atoms with Gasteiger partial charge in [0.05, 0.1) is 0 Å². The van der Waals surface area contributed by atoms with Crippen LogP contribution < -0.4 is 0 Å². The lowest BCUT2D eigenvalue weighted by molar-refractivity contribution is 0.171. The molecule has 1 aromatic carbocycles. The molecular formula is C15H21FN2. The van der Waals surface area contributed by atoms with E-state index in [0.717, 1.165) is 25.2 Å². The van der Waals surface area contributed by atoms with E-state index >= 15 is 0 Å². The summed E-state index contributed by atoms with van der Waals surface area (Å²) in [6.07, 6.45) is 3.85. The predicted octanol–water partition coefficient (Wildman–Crippen LogP) is 2.50. The Labute approximate surface area is 108 Å². The van der Waals surface area contributed by atoms with E-state index in [9.17, 15) is 4.39 Å². The van der Waals surface area contributed by atoms with E-state index in [4.69, 9.17) is 0 Å². The molecule has 0 aliphatic carbocycles. The van der Waals surface area contributed by atoms with E-state index in [2.05, 4.69) is 16.8 Å². The van der Waals surface area contributed by atoms with E-state index in [-0.39, 0.29) is 5.82 Å². The zero-order valence-electron chi connectivity index (χ0n) is 11.0. The zero-order valence-corrected chi connectivity index (χ0v) is 11.0. The van der Waals surface area contributed by atoms with Crippen LogP contribution in [0.5, 0.6) is 0 Å². The molecule has 0 bridgehead atoms. The van der Waals surface area contributed by atoms with Crippen molar-refractivity contribution in [2.75, 3.05) is 26.7 Å². The smallest absolute Gasteiger partial charge is 0.127 e. The van der Waals surface area contributed by atoms with Gasteiger partial charge in [0.15, 0.2) is 0 Å². The second-order valence-electron chi connectivity index (χ2n) is 5.80. The van der Waals surface area contributed by atoms with Crippen LogP contribution in [0.25, 0.3) is 0 Å². The quantitative estimate of drug-likeness (QED) is 0.793. The van der Waals surface area contributed by atoms with Crippen LogP contribution in [0, 0.1) is 5.82 Å². The molecule has 18 heavy (non-hydrogen) atoms. The van der Waals surface area contributed by atoms with Crippen molar-refractivity contribution in [3.63, 3.8) is 0 Å². The van der Waals surface area contributed by atoms with E-state index < -0.39 is 0 Å². The van der Waals surface area contributed by atoms with Crippen molar-refractivity contribution in [3.05, 3.63) is 35.6 Å². The number of halogens is 1. The van der Waals surface area contributed by atoms with Gasteiger partial charge in [-0.15, -0.1) is 0 Å². The lowest BCUT2D eigenvalue weighted by atomic mass is 9.96. The van der Waals surface area contributed by atoms with Gasteiger partial charge in [0.1, 0.15) is 5.82 Å². The summed E-state index contributed by atoms with van der Waals surface area (Å²) in [5.74, 6) is -0.0711. The summed E-state index contributed by atoms with van der Waals surface area (Å²) in [4.78, 5) is 4.91. The van der Waals surface area contributed by atoms with Crippen LogP contribution in [-0.4, -0.2) is 42.0 Å². The van der Waals surface area contributed by atoms with Gasteiger partial charge in [0.2, 0.25) is 0 Å². The van der Waals surface area contributed by atoms with Gasteiger partial charge in [-0.05, 0) is 38.9 Å². The number of hydrogen-bond acceptors (Lipinski definition) is 2. The highest BCUT2D eigenvalue weighted by Crippen LogP contribution is 2.36. The predicted molar refractivity (Wildman–Crippen MR) is 70.9 cm³/mol. The molecule has 98 valence electrons. The van der Waals surface area contributed by atoms with Crippen molar-refractivity contribution in [1.82, 2.24) is 9.80 Å². The lowest BCUT2D eigenvalue weighted by Gasteiger charge is -2.32. The molecule has 0 amide bonds. The summed E-state index contributed by atoms with van der Waals surface area (Å²) in [6.45, 7) is 4.16. The largest absolute Gasteiger partial charge is 0.299 e. The average Bonchev–Trinajstić information content (AvgIpc) is 2.92. The number of likely N-dealkylation sites (tertiary alicyclic amines) is 2. The van der Waals surface area contributed by atoms with E-state index in [1.165, 1.54) is 25.8 Å². The topological polar surface area (TPSA) is 6.48 Å². The molecule has 2 heterocycles. The lowest BCUT2D eigenvalue weighted by Crippen LogP contribution is -2.43. The Morgan fingerprint density at radius 2 is 2.06 bits per heavy atom. The first-order valence-corrected chi connectivity index (χ1v) is 6.87. The number of nitrogens with zero attached hydrogens (tertiary/aromatic N) is 2. The molecule has 0 N–H and O–H groups in total. The second-order valence-corrected chi connectivity index (χ2v) is 5.80. The highest BCUT2D eigenvalue weighted by molar-refractivity contribution is 5.17. The monoisotopic (exact) mass is 248 g/mol. The Morgan fingerprint density at radius 3 is 2.78 bits per heavy atom. The highest BCUT2D eigenvalue weighted by atomic mass is 19.1. The van der Waals surface area contributed by atoms with Gasteiger partial charge in [0, 0.05) is 30.7 Å². The molecule has 1 atom stereocenters. The normalized spacial score (nSPS) is 29.4. The van der Waals surface area contributed by atoms with Crippen molar-refractivity contribution in [2.45, 2.75) is 31.3 Å². The molecule has 1 unspecified atom stereocenters. The molecule has 3 heteroatoms. The molecule has 1 spiro atoms. The van der Waals surface area contributed by atoms with Gasteiger partial charge in [-0.2, -0.15) is 0 Å². The summed E-state index contributed by atoms with van der Waals surface area (Å²) >= 11 is 0.